The molecule has 1 aromatic rings. The number of alkyl halides is 3. The largest absolute Gasteiger partial charge is 0.492 e. The normalized spacial score (nSPS) is 15.8. The quantitative estimate of drug-likeness (QED) is 0.805. The van der Waals surface area contributed by atoms with Crippen LogP contribution in [0.2, 0.25) is 0 Å². The van der Waals surface area contributed by atoms with Crippen LogP contribution in [0.5, 0.6) is 5.75 Å². The summed E-state index contributed by atoms with van der Waals surface area (Å²) in [4.78, 5) is 23.0. The molecule has 0 aromatic heterocycles. The molecule has 1 aliphatic carbocycles. The maximum Gasteiger partial charge on any atom is 0.391 e. The summed E-state index contributed by atoms with van der Waals surface area (Å²) in [7, 11) is 0. The fraction of sp³-hybridized carbons (Fsp3) is 0.467. The van der Waals surface area contributed by atoms with Crippen LogP contribution < -0.4 is 10.1 Å². The second kappa shape index (κ2) is 6.89. The molecule has 1 aromatic carbocycles. The number of halogens is 3. The minimum absolute atomic E-state index is 0.0153. The Morgan fingerprint density at radius 1 is 1.30 bits per heavy atom. The van der Waals surface area contributed by atoms with Crippen molar-refractivity contribution in [3.05, 3.63) is 29.8 Å². The third-order valence-electron chi connectivity index (χ3n) is 3.34. The Hall–Kier alpha value is -2.25. The third-order valence-corrected chi connectivity index (χ3v) is 3.34. The van der Waals surface area contributed by atoms with Crippen LogP contribution in [0.15, 0.2) is 24.3 Å². The van der Waals surface area contributed by atoms with Crippen LogP contribution in [0.25, 0.3) is 0 Å². The van der Waals surface area contributed by atoms with Gasteiger partial charge in [-0.3, -0.25) is 4.79 Å². The molecule has 0 aliphatic heterocycles. The number of ether oxygens (including phenoxy) is 1. The minimum atomic E-state index is -4.70. The molecule has 1 atom stereocenters. The average molecular weight is 331 g/mol. The first-order valence-electron chi connectivity index (χ1n) is 7.08. The number of rotatable bonds is 7. The molecule has 126 valence electrons. The second-order valence-electron chi connectivity index (χ2n) is 5.43. The monoisotopic (exact) mass is 331 g/mol. The molecule has 8 heteroatoms. The van der Waals surface area contributed by atoms with E-state index in [2.05, 4.69) is 0 Å². The van der Waals surface area contributed by atoms with E-state index in [4.69, 9.17) is 9.84 Å². The number of carbonyl (C=O) groups is 2. The summed E-state index contributed by atoms with van der Waals surface area (Å²) < 4.78 is 42.6. The van der Waals surface area contributed by atoms with Gasteiger partial charge in [-0.05, 0) is 30.9 Å². The summed E-state index contributed by atoms with van der Waals surface area (Å²) in [6.07, 6.45) is -4.25. The van der Waals surface area contributed by atoms with Gasteiger partial charge in [0.25, 0.3) is 5.91 Å². The molecule has 1 aliphatic rings. The summed E-state index contributed by atoms with van der Waals surface area (Å²) in [5.74, 6) is -1.99. The molecule has 1 saturated carbocycles. The smallest absolute Gasteiger partial charge is 0.391 e. The van der Waals surface area contributed by atoms with E-state index < -0.39 is 30.5 Å². The molecule has 2 N–H and O–H groups in total. The van der Waals surface area contributed by atoms with Crippen LogP contribution in [0.3, 0.4) is 0 Å². The van der Waals surface area contributed by atoms with Gasteiger partial charge in [-0.2, -0.15) is 13.2 Å². The van der Waals surface area contributed by atoms with E-state index in [1.165, 1.54) is 18.2 Å². The summed E-state index contributed by atoms with van der Waals surface area (Å²) in [6.45, 7) is 0.426. The number of carbonyl (C=O) groups excluding carboxylic acids is 1. The highest BCUT2D eigenvalue weighted by atomic mass is 19.4. The predicted molar refractivity (Wildman–Crippen MR) is 74.2 cm³/mol. The Kier molecular flexibility index (Phi) is 5.12. The Balaban J connectivity index is 2.07. The van der Waals surface area contributed by atoms with Crippen molar-refractivity contribution >= 4 is 11.9 Å². The van der Waals surface area contributed by atoms with Crippen LogP contribution in [0.1, 0.15) is 29.6 Å². The van der Waals surface area contributed by atoms with Gasteiger partial charge in [-0.1, -0.05) is 12.1 Å². The van der Waals surface area contributed by atoms with E-state index >= 15 is 0 Å². The first kappa shape index (κ1) is 17.1. The SMILES string of the molecule is O=C(NC(CC(F)(F)F)C(=O)O)c1ccccc1OCC1CC1. The number of carboxylic acids is 1. The maximum atomic E-state index is 12.4. The fourth-order valence-corrected chi connectivity index (χ4v) is 1.94. The van der Waals surface area contributed by atoms with Crippen molar-refractivity contribution in [3.63, 3.8) is 0 Å². The third kappa shape index (κ3) is 5.46. The number of nitrogens with one attached hydrogen (secondary N) is 1. The van der Waals surface area contributed by atoms with E-state index in [1.54, 1.807) is 6.07 Å². The molecular formula is C15H16F3NO4. The van der Waals surface area contributed by atoms with Crippen LogP contribution in [0, 0.1) is 5.92 Å². The number of hydrogen-bond donors (Lipinski definition) is 2. The highest BCUT2D eigenvalue weighted by Crippen LogP contribution is 2.30. The molecule has 1 fully saturated rings. The lowest BCUT2D eigenvalue weighted by atomic mass is 10.1. The zero-order chi connectivity index (χ0) is 17.0. The van der Waals surface area contributed by atoms with Crippen molar-refractivity contribution in [1.82, 2.24) is 5.32 Å². The number of benzene rings is 1. The Morgan fingerprint density at radius 3 is 2.52 bits per heavy atom. The summed E-state index contributed by atoms with van der Waals surface area (Å²) in [5.41, 5.74) is 0.0153. The van der Waals surface area contributed by atoms with Crippen LogP contribution in [-0.4, -0.2) is 35.8 Å². The molecule has 0 heterocycles. The molecule has 0 saturated heterocycles. The average Bonchev–Trinajstić information content (AvgIpc) is 3.27. The molecule has 5 nitrogen and oxygen atoms in total. The van der Waals surface area contributed by atoms with Gasteiger partial charge in [-0.15, -0.1) is 0 Å². The number of aliphatic carboxylic acids is 1. The molecule has 0 spiro atoms. The van der Waals surface area contributed by atoms with E-state index in [0.717, 1.165) is 12.8 Å². The minimum Gasteiger partial charge on any atom is -0.492 e. The molecule has 0 radical (unpaired) electrons. The Bertz CT molecular complexity index is 584. The second-order valence-corrected chi connectivity index (χ2v) is 5.43. The van der Waals surface area contributed by atoms with Gasteiger partial charge in [0.2, 0.25) is 0 Å². The molecule has 1 unspecified atom stereocenters. The molecule has 1 amide bonds. The zero-order valence-electron chi connectivity index (χ0n) is 12.1. The van der Waals surface area contributed by atoms with Crippen molar-refractivity contribution < 1.29 is 32.6 Å². The number of amides is 1. The van der Waals surface area contributed by atoms with E-state index in [0.29, 0.717) is 12.5 Å². The highest BCUT2D eigenvalue weighted by molar-refractivity contribution is 5.98. The summed E-state index contributed by atoms with van der Waals surface area (Å²) in [5, 5.41) is 10.7. The lowest BCUT2D eigenvalue weighted by Gasteiger charge is -2.17. The van der Waals surface area contributed by atoms with Crippen molar-refractivity contribution in [2.24, 2.45) is 5.92 Å². The van der Waals surface area contributed by atoms with Crippen molar-refractivity contribution in [3.8, 4) is 5.75 Å². The van der Waals surface area contributed by atoms with Gasteiger partial charge in [0.1, 0.15) is 11.8 Å². The van der Waals surface area contributed by atoms with Crippen LogP contribution in [0.4, 0.5) is 13.2 Å². The van der Waals surface area contributed by atoms with Gasteiger partial charge >= 0.3 is 12.1 Å². The number of para-hydroxylation sites is 1. The van der Waals surface area contributed by atoms with Gasteiger partial charge in [0.05, 0.1) is 18.6 Å². The van der Waals surface area contributed by atoms with Gasteiger partial charge < -0.3 is 15.2 Å². The summed E-state index contributed by atoms with van der Waals surface area (Å²) >= 11 is 0. The molecule has 23 heavy (non-hydrogen) atoms. The Labute approximate surface area is 130 Å². The standard InChI is InChI=1S/C15H16F3NO4/c16-15(17,18)7-11(14(21)22)19-13(20)10-3-1-2-4-12(10)23-8-9-5-6-9/h1-4,9,11H,5-8H2,(H,19,20)(H,21,22). The predicted octanol–water partition coefficient (Wildman–Crippen LogP) is 2.61. The Morgan fingerprint density at radius 2 is 1.96 bits per heavy atom. The molecular weight excluding hydrogens is 315 g/mol. The first-order chi connectivity index (χ1) is 10.8. The van der Waals surface area contributed by atoms with Gasteiger partial charge in [0.15, 0.2) is 0 Å². The van der Waals surface area contributed by atoms with Crippen molar-refractivity contribution in [2.45, 2.75) is 31.5 Å². The lowest BCUT2D eigenvalue weighted by molar-refractivity contribution is -0.157. The van der Waals surface area contributed by atoms with Gasteiger partial charge in [0, 0.05) is 0 Å². The topological polar surface area (TPSA) is 75.6 Å². The molecule has 0 bridgehead atoms. The van der Waals surface area contributed by atoms with E-state index in [9.17, 15) is 22.8 Å². The number of carboxylic acid groups (broad SMARTS) is 1. The molecule has 2 rings (SSSR count). The van der Waals surface area contributed by atoms with E-state index in [-0.39, 0.29) is 11.3 Å². The van der Waals surface area contributed by atoms with Crippen molar-refractivity contribution in [1.29, 1.82) is 0 Å². The van der Waals surface area contributed by atoms with Crippen molar-refractivity contribution in [2.75, 3.05) is 6.61 Å². The van der Waals surface area contributed by atoms with Gasteiger partial charge in [-0.25, -0.2) is 4.79 Å². The van der Waals surface area contributed by atoms with E-state index in [1.807, 2.05) is 5.32 Å². The lowest BCUT2D eigenvalue weighted by Crippen LogP contribution is -2.43. The fourth-order valence-electron chi connectivity index (χ4n) is 1.94. The van der Waals surface area contributed by atoms with Crippen LogP contribution >= 0.6 is 0 Å². The van der Waals surface area contributed by atoms with Crippen LogP contribution in [-0.2, 0) is 4.79 Å². The summed E-state index contributed by atoms with van der Waals surface area (Å²) in [6, 6.07) is 4.02. The maximum absolute atomic E-state index is 12.4. The highest BCUT2D eigenvalue weighted by Gasteiger charge is 2.36. The zero-order valence-corrected chi connectivity index (χ0v) is 12.1. The first-order valence-corrected chi connectivity index (χ1v) is 7.08. The number of hydrogen-bond acceptors (Lipinski definition) is 3.